The van der Waals surface area contributed by atoms with Gasteiger partial charge in [0.05, 0.1) is 46.7 Å². The van der Waals surface area contributed by atoms with Gasteiger partial charge in [0.1, 0.15) is 0 Å². The number of aromatic nitrogens is 3. The summed E-state index contributed by atoms with van der Waals surface area (Å²) < 4.78 is 4.54. The fourth-order valence-electron chi connectivity index (χ4n) is 6.86. The first-order valence-corrected chi connectivity index (χ1v) is 15.2. The molecule has 0 fully saturated rings. The molecule has 0 amide bonds. The van der Waals surface area contributed by atoms with Crippen molar-refractivity contribution in [2.75, 3.05) is 23.5 Å². The molecule has 0 unspecified atom stereocenters. The van der Waals surface area contributed by atoms with Crippen LogP contribution in [-0.4, -0.2) is 28.1 Å². The molecule has 0 atom stereocenters. The number of benzene rings is 5. The molecule has 0 saturated carbocycles. The van der Waals surface area contributed by atoms with Crippen molar-refractivity contribution in [2.24, 2.45) is 0 Å². The molecular weight excluding hydrogens is 538 g/mol. The highest BCUT2D eigenvalue weighted by Gasteiger charge is 2.27. The van der Waals surface area contributed by atoms with Crippen LogP contribution in [0.15, 0.2) is 128 Å². The summed E-state index contributed by atoms with van der Waals surface area (Å²) in [6.45, 7) is 7.62. The second-order valence-electron chi connectivity index (χ2n) is 12.8. The molecule has 216 valence electrons. The molecule has 5 nitrogen and oxygen atoms in total. The molecule has 0 bridgehead atoms. The molecule has 2 aromatic heterocycles. The highest BCUT2D eigenvalue weighted by Crippen LogP contribution is 2.41. The SMILES string of the molecule is CN1CN(c2cccc(-n3c4ccccc4c4ccc(-n5ncc(-c6ccccc6)c5C(C)(C)C)cc43)c2)c2ccccc21. The summed E-state index contributed by atoms with van der Waals surface area (Å²) >= 11 is 0. The van der Waals surface area contributed by atoms with Gasteiger partial charge in [0.25, 0.3) is 0 Å². The first kappa shape index (κ1) is 26.3. The van der Waals surface area contributed by atoms with Crippen LogP contribution in [0.3, 0.4) is 0 Å². The van der Waals surface area contributed by atoms with E-state index in [2.05, 4.69) is 168 Å². The first-order chi connectivity index (χ1) is 21.4. The zero-order valence-corrected chi connectivity index (χ0v) is 25.6. The zero-order chi connectivity index (χ0) is 30.0. The summed E-state index contributed by atoms with van der Waals surface area (Å²) in [4.78, 5) is 4.69. The van der Waals surface area contributed by atoms with Gasteiger partial charge in [-0.05, 0) is 54.1 Å². The van der Waals surface area contributed by atoms with Gasteiger partial charge in [-0.1, -0.05) is 93.6 Å². The lowest BCUT2D eigenvalue weighted by molar-refractivity contribution is 0.545. The number of para-hydroxylation sites is 3. The molecule has 0 radical (unpaired) electrons. The summed E-state index contributed by atoms with van der Waals surface area (Å²) in [5.41, 5.74) is 11.7. The van der Waals surface area contributed by atoms with Gasteiger partial charge in [0.2, 0.25) is 0 Å². The molecule has 0 spiro atoms. The van der Waals surface area contributed by atoms with E-state index in [9.17, 15) is 0 Å². The number of hydrogen-bond acceptors (Lipinski definition) is 3. The van der Waals surface area contributed by atoms with E-state index in [1.165, 1.54) is 50.2 Å². The van der Waals surface area contributed by atoms with Crippen LogP contribution >= 0.6 is 0 Å². The van der Waals surface area contributed by atoms with Crippen molar-refractivity contribution in [3.8, 4) is 22.5 Å². The minimum atomic E-state index is -0.114. The molecule has 1 aliphatic rings. The molecule has 44 heavy (non-hydrogen) atoms. The summed E-state index contributed by atoms with van der Waals surface area (Å²) in [6.07, 6.45) is 2.02. The molecular formula is C39H35N5. The van der Waals surface area contributed by atoms with Gasteiger partial charge in [-0.2, -0.15) is 5.10 Å². The second-order valence-corrected chi connectivity index (χ2v) is 12.8. The van der Waals surface area contributed by atoms with Gasteiger partial charge in [0.15, 0.2) is 0 Å². The topological polar surface area (TPSA) is 29.2 Å². The maximum Gasteiger partial charge on any atom is 0.0950 e. The second kappa shape index (κ2) is 9.88. The van der Waals surface area contributed by atoms with Gasteiger partial charge in [0, 0.05) is 40.2 Å². The van der Waals surface area contributed by atoms with E-state index < -0.39 is 0 Å². The number of rotatable bonds is 4. The van der Waals surface area contributed by atoms with Crippen LogP contribution in [0.4, 0.5) is 17.1 Å². The molecule has 7 aromatic rings. The molecule has 0 saturated heterocycles. The Hall–Kier alpha value is -5.29. The fourth-order valence-corrected chi connectivity index (χ4v) is 6.86. The minimum Gasteiger partial charge on any atom is -0.355 e. The molecule has 5 heteroatoms. The lowest BCUT2D eigenvalue weighted by Gasteiger charge is -2.23. The van der Waals surface area contributed by atoms with Crippen molar-refractivity contribution >= 4 is 38.9 Å². The van der Waals surface area contributed by atoms with Crippen molar-refractivity contribution in [3.05, 3.63) is 133 Å². The Morgan fingerprint density at radius 2 is 1.32 bits per heavy atom. The molecule has 0 aliphatic carbocycles. The lowest BCUT2D eigenvalue weighted by atomic mass is 9.87. The number of fused-ring (bicyclic) bond motifs is 4. The van der Waals surface area contributed by atoms with Crippen molar-refractivity contribution < 1.29 is 0 Å². The standard InChI is InChI=1S/C39H35N5/c1-39(2,3)38-33(27-13-6-5-7-14-27)25-40-44(38)30-21-22-32-31-17-8-9-18-34(31)43(37(32)24-30)29-16-12-15-28(23-29)42-26-41(4)35-19-10-11-20-36(35)42/h5-25H,26H2,1-4H3. The number of anilines is 3. The Morgan fingerprint density at radius 3 is 2.14 bits per heavy atom. The van der Waals surface area contributed by atoms with Crippen LogP contribution in [0.25, 0.3) is 44.3 Å². The molecule has 1 aliphatic heterocycles. The maximum absolute atomic E-state index is 4.98. The van der Waals surface area contributed by atoms with Gasteiger partial charge in [-0.3, -0.25) is 0 Å². The average molecular weight is 574 g/mol. The van der Waals surface area contributed by atoms with Crippen LogP contribution in [0, 0.1) is 0 Å². The van der Waals surface area contributed by atoms with Gasteiger partial charge < -0.3 is 14.4 Å². The predicted octanol–water partition coefficient (Wildman–Crippen LogP) is 9.48. The highest BCUT2D eigenvalue weighted by molar-refractivity contribution is 6.09. The van der Waals surface area contributed by atoms with E-state index in [1.807, 2.05) is 6.20 Å². The van der Waals surface area contributed by atoms with Crippen LogP contribution in [0.1, 0.15) is 26.5 Å². The maximum atomic E-state index is 4.98. The largest absolute Gasteiger partial charge is 0.355 e. The number of nitrogens with zero attached hydrogens (tertiary/aromatic N) is 5. The Bertz CT molecular complexity index is 2160. The van der Waals surface area contributed by atoms with E-state index in [4.69, 9.17) is 5.10 Å². The lowest BCUT2D eigenvalue weighted by Crippen LogP contribution is -2.24. The first-order valence-electron chi connectivity index (χ1n) is 15.2. The summed E-state index contributed by atoms with van der Waals surface area (Å²) in [7, 11) is 2.15. The zero-order valence-electron chi connectivity index (χ0n) is 25.6. The van der Waals surface area contributed by atoms with Gasteiger partial charge in [-0.15, -0.1) is 0 Å². The van der Waals surface area contributed by atoms with Gasteiger partial charge >= 0.3 is 0 Å². The Kier molecular flexibility index (Phi) is 5.92. The van der Waals surface area contributed by atoms with Crippen LogP contribution in [0.2, 0.25) is 0 Å². The van der Waals surface area contributed by atoms with Crippen molar-refractivity contribution in [2.45, 2.75) is 26.2 Å². The van der Waals surface area contributed by atoms with Crippen LogP contribution in [-0.2, 0) is 5.41 Å². The minimum absolute atomic E-state index is 0.114. The van der Waals surface area contributed by atoms with Crippen molar-refractivity contribution in [1.82, 2.24) is 14.3 Å². The Labute approximate surface area is 258 Å². The summed E-state index contributed by atoms with van der Waals surface area (Å²) in [6, 6.07) is 43.6. The Balaban J connectivity index is 1.32. The molecule has 8 rings (SSSR count). The third-order valence-electron chi connectivity index (χ3n) is 8.80. The third-order valence-corrected chi connectivity index (χ3v) is 8.80. The van der Waals surface area contributed by atoms with Crippen molar-refractivity contribution in [3.63, 3.8) is 0 Å². The molecule has 0 N–H and O–H groups in total. The summed E-state index contributed by atoms with van der Waals surface area (Å²) in [5.74, 6) is 0. The quantitative estimate of drug-likeness (QED) is 0.210. The van der Waals surface area contributed by atoms with E-state index in [-0.39, 0.29) is 5.41 Å². The van der Waals surface area contributed by atoms with Crippen molar-refractivity contribution in [1.29, 1.82) is 0 Å². The number of hydrogen-bond donors (Lipinski definition) is 0. The molecule has 3 heterocycles. The average Bonchev–Trinajstić information content (AvgIpc) is 3.74. The van der Waals surface area contributed by atoms with Gasteiger partial charge in [-0.25, -0.2) is 4.68 Å². The van der Waals surface area contributed by atoms with Crippen LogP contribution < -0.4 is 9.80 Å². The van der Waals surface area contributed by atoms with Crippen LogP contribution in [0.5, 0.6) is 0 Å². The Morgan fingerprint density at radius 1 is 0.614 bits per heavy atom. The predicted molar refractivity (Wildman–Crippen MR) is 184 cm³/mol. The van der Waals surface area contributed by atoms with E-state index in [0.717, 1.165) is 23.6 Å². The van der Waals surface area contributed by atoms with E-state index >= 15 is 0 Å². The van der Waals surface area contributed by atoms with E-state index in [1.54, 1.807) is 0 Å². The van der Waals surface area contributed by atoms with E-state index in [0.29, 0.717) is 0 Å². The summed E-state index contributed by atoms with van der Waals surface area (Å²) in [5, 5.41) is 7.46. The molecule has 5 aromatic carbocycles. The fraction of sp³-hybridized carbons (Fsp3) is 0.154. The normalized spacial score (nSPS) is 13.3. The highest BCUT2D eigenvalue weighted by atomic mass is 15.4. The third kappa shape index (κ3) is 4.11. The monoisotopic (exact) mass is 573 g/mol. The smallest absolute Gasteiger partial charge is 0.0950 e.